The molecule has 2 aliphatic rings. The summed E-state index contributed by atoms with van der Waals surface area (Å²) >= 11 is 0. The Labute approximate surface area is 97.6 Å². The van der Waals surface area contributed by atoms with Gasteiger partial charge in [0.2, 0.25) is 5.91 Å². The molecule has 2 saturated carbocycles. The van der Waals surface area contributed by atoms with E-state index < -0.39 is 0 Å². The lowest BCUT2D eigenvalue weighted by atomic mass is 9.88. The summed E-state index contributed by atoms with van der Waals surface area (Å²) in [5, 5.41) is 12.4. The molecule has 92 valence electrons. The minimum atomic E-state index is -0.264. The first-order chi connectivity index (χ1) is 7.70. The average molecular weight is 225 g/mol. The maximum atomic E-state index is 11.9. The number of amides is 1. The number of rotatable bonds is 5. The zero-order valence-corrected chi connectivity index (χ0v) is 10.1. The van der Waals surface area contributed by atoms with Gasteiger partial charge in [0.25, 0.3) is 0 Å². The van der Waals surface area contributed by atoms with Crippen LogP contribution in [0.15, 0.2) is 0 Å². The second-order valence-electron chi connectivity index (χ2n) is 5.42. The topological polar surface area (TPSA) is 49.3 Å². The van der Waals surface area contributed by atoms with Crippen LogP contribution < -0.4 is 5.32 Å². The highest BCUT2D eigenvalue weighted by Crippen LogP contribution is 2.48. The largest absolute Gasteiger partial charge is 0.393 e. The molecule has 2 N–H and O–H groups in total. The number of carbonyl (C=O) groups excluding carboxylic acids is 1. The molecule has 2 rings (SSSR count). The van der Waals surface area contributed by atoms with Gasteiger partial charge >= 0.3 is 0 Å². The molecule has 0 spiro atoms. The van der Waals surface area contributed by atoms with Gasteiger partial charge in [0.1, 0.15) is 0 Å². The van der Waals surface area contributed by atoms with Crippen molar-refractivity contribution < 1.29 is 9.90 Å². The van der Waals surface area contributed by atoms with Crippen molar-refractivity contribution >= 4 is 5.91 Å². The Bertz CT molecular complexity index is 254. The summed E-state index contributed by atoms with van der Waals surface area (Å²) in [7, 11) is 0. The predicted octanol–water partition coefficient (Wildman–Crippen LogP) is 1.70. The Morgan fingerprint density at radius 2 is 2.25 bits per heavy atom. The standard InChI is InChI=1S/C13H23NO2/c1-2-11(15)5-6-14-13(16)12-8-9-3-4-10(12)7-9/h9-12,15H,2-8H2,1H3,(H,14,16). The lowest BCUT2D eigenvalue weighted by molar-refractivity contribution is -0.126. The van der Waals surface area contributed by atoms with Gasteiger partial charge in [0, 0.05) is 12.5 Å². The van der Waals surface area contributed by atoms with Crippen LogP contribution in [0.1, 0.15) is 45.4 Å². The first kappa shape index (κ1) is 11.9. The number of aliphatic hydroxyl groups is 1. The van der Waals surface area contributed by atoms with Gasteiger partial charge in [0.05, 0.1) is 6.10 Å². The van der Waals surface area contributed by atoms with Crippen molar-refractivity contribution in [3.8, 4) is 0 Å². The van der Waals surface area contributed by atoms with E-state index in [2.05, 4.69) is 5.32 Å². The molecule has 0 aromatic rings. The van der Waals surface area contributed by atoms with Crippen molar-refractivity contribution in [1.29, 1.82) is 0 Å². The van der Waals surface area contributed by atoms with E-state index in [9.17, 15) is 9.90 Å². The lowest BCUT2D eigenvalue weighted by Crippen LogP contribution is -2.35. The monoisotopic (exact) mass is 225 g/mol. The first-order valence-electron chi connectivity index (χ1n) is 6.66. The van der Waals surface area contributed by atoms with Gasteiger partial charge in [-0.3, -0.25) is 4.79 Å². The molecule has 2 aliphatic carbocycles. The molecule has 1 amide bonds. The number of carbonyl (C=O) groups is 1. The highest BCUT2D eigenvalue weighted by atomic mass is 16.3. The molecule has 2 bridgehead atoms. The minimum Gasteiger partial charge on any atom is -0.393 e. The van der Waals surface area contributed by atoms with Crippen LogP contribution in [0, 0.1) is 17.8 Å². The molecule has 0 aliphatic heterocycles. The molecular formula is C13H23NO2. The van der Waals surface area contributed by atoms with Crippen molar-refractivity contribution in [2.24, 2.45) is 17.8 Å². The third-order valence-electron chi connectivity index (χ3n) is 4.32. The zero-order valence-electron chi connectivity index (χ0n) is 10.1. The molecule has 0 saturated heterocycles. The fraction of sp³-hybridized carbons (Fsp3) is 0.923. The van der Waals surface area contributed by atoms with E-state index in [1.807, 2.05) is 6.92 Å². The smallest absolute Gasteiger partial charge is 0.223 e. The Morgan fingerprint density at radius 3 is 2.81 bits per heavy atom. The van der Waals surface area contributed by atoms with Crippen LogP contribution in [0.5, 0.6) is 0 Å². The van der Waals surface area contributed by atoms with E-state index in [1.165, 1.54) is 19.3 Å². The van der Waals surface area contributed by atoms with Crippen molar-refractivity contribution in [2.45, 2.75) is 51.6 Å². The summed E-state index contributed by atoms with van der Waals surface area (Å²) in [6.07, 6.45) is 6.15. The molecule has 4 atom stereocenters. The summed E-state index contributed by atoms with van der Waals surface area (Å²) in [6, 6.07) is 0. The quantitative estimate of drug-likeness (QED) is 0.748. The van der Waals surface area contributed by atoms with Crippen LogP contribution in [-0.2, 0) is 4.79 Å². The molecule has 0 heterocycles. The molecule has 3 heteroatoms. The summed E-state index contributed by atoms with van der Waals surface area (Å²) < 4.78 is 0. The Kier molecular flexibility index (Phi) is 3.85. The number of hydrogen-bond acceptors (Lipinski definition) is 2. The van der Waals surface area contributed by atoms with E-state index in [0.717, 1.165) is 18.8 Å². The van der Waals surface area contributed by atoms with Gasteiger partial charge in [0.15, 0.2) is 0 Å². The van der Waals surface area contributed by atoms with Crippen LogP contribution in [0.4, 0.5) is 0 Å². The Hall–Kier alpha value is -0.570. The molecule has 4 unspecified atom stereocenters. The van der Waals surface area contributed by atoms with Crippen LogP contribution in [0.2, 0.25) is 0 Å². The summed E-state index contributed by atoms with van der Waals surface area (Å²) in [5.74, 6) is 1.98. The van der Waals surface area contributed by atoms with Gasteiger partial charge in [-0.15, -0.1) is 0 Å². The highest BCUT2D eigenvalue weighted by Gasteiger charge is 2.42. The van der Waals surface area contributed by atoms with E-state index in [-0.39, 0.29) is 17.9 Å². The van der Waals surface area contributed by atoms with Gasteiger partial charge in [-0.2, -0.15) is 0 Å². The van der Waals surface area contributed by atoms with Crippen molar-refractivity contribution in [3.63, 3.8) is 0 Å². The number of aliphatic hydroxyl groups excluding tert-OH is 1. The van der Waals surface area contributed by atoms with Crippen molar-refractivity contribution in [3.05, 3.63) is 0 Å². The van der Waals surface area contributed by atoms with E-state index in [4.69, 9.17) is 0 Å². The summed E-state index contributed by atoms with van der Waals surface area (Å²) in [4.78, 5) is 11.9. The molecule has 16 heavy (non-hydrogen) atoms. The average Bonchev–Trinajstić information content (AvgIpc) is 2.90. The minimum absolute atomic E-state index is 0.232. The molecule has 2 fully saturated rings. The number of fused-ring (bicyclic) bond motifs is 2. The van der Waals surface area contributed by atoms with Crippen molar-refractivity contribution in [1.82, 2.24) is 5.32 Å². The zero-order chi connectivity index (χ0) is 11.5. The van der Waals surface area contributed by atoms with E-state index >= 15 is 0 Å². The van der Waals surface area contributed by atoms with Crippen LogP contribution in [0.3, 0.4) is 0 Å². The molecule has 3 nitrogen and oxygen atoms in total. The highest BCUT2D eigenvalue weighted by molar-refractivity contribution is 5.79. The molecule has 0 radical (unpaired) electrons. The van der Waals surface area contributed by atoms with Gasteiger partial charge < -0.3 is 10.4 Å². The van der Waals surface area contributed by atoms with Crippen LogP contribution in [0.25, 0.3) is 0 Å². The van der Waals surface area contributed by atoms with Gasteiger partial charge in [-0.1, -0.05) is 13.3 Å². The number of nitrogens with one attached hydrogen (secondary N) is 1. The SMILES string of the molecule is CCC(O)CCNC(=O)C1CC2CCC1C2. The van der Waals surface area contributed by atoms with Crippen LogP contribution in [-0.4, -0.2) is 23.7 Å². The van der Waals surface area contributed by atoms with Gasteiger partial charge in [-0.05, 0) is 43.9 Å². The summed E-state index contributed by atoms with van der Waals surface area (Å²) in [5.41, 5.74) is 0. The Morgan fingerprint density at radius 1 is 1.44 bits per heavy atom. The molecule has 0 aromatic heterocycles. The lowest BCUT2D eigenvalue weighted by Gasteiger charge is -2.21. The fourth-order valence-corrected chi connectivity index (χ4v) is 3.26. The summed E-state index contributed by atoms with van der Waals surface area (Å²) in [6.45, 7) is 2.59. The third-order valence-corrected chi connectivity index (χ3v) is 4.32. The molecule has 0 aromatic carbocycles. The van der Waals surface area contributed by atoms with Gasteiger partial charge in [-0.25, -0.2) is 0 Å². The van der Waals surface area contributed by atoms with Crippen LogP contribution >= 0.6 is 0 Å². The molecular weight excluding hydrogens is 202 g/mol. The third kappa shape index (κ3) is 2.57. The normalized spacial score (nSPS) is 34.0. The Balaban J connectivity index is 1.68. The predicted molar refractivity (Wildman–Crippen MR) is 62.9 cm³/mol. The number of hydrogen-bond donors (Lipinski definition) is 2. The second-order valence-corrected chi connectivity index (χ2v) is 5.42. The van der Waals surface area contributed by atoms with Crippen molar-refractivity contribution in [2.75, 3.05) is 6.54 Å². The maximum Gasteiger partial charge on any atom is 0.223 e. The second kappa shape index (κ2) is 5.17. The maximum absolute atomic E-state index is 11.9. The van der Waals surface area contributed by atoms with E-state index in [1.54, 1.807) is 0 Å². The first-order valence-corrected chi connectivity index (χ1v) is 6.66. The fourth-order valence-electron chi connectivity index (χ4n) is 3.26. The van der Waals surface area contributed by atoms with E-state index in [0.29, 0.717) is 18.9 Å².